The minimum Gasteiger partial charge on any atom is -0.378 e. The molecule has 0 saturated carbocycles. The highest BCUT2D eigenvalue weighted by molar-refractivity contribution is 7.19. The van der Waals surface area contributed by atoms with E-state index in [2.05, 4.69) is 48.6 Å². The first-order valence-corrected chi connectivity index (χ1v) is 12.1. The molecular formula is C23H29N7O2S. The van der Waals surface area contributed by atoms with Crippen molar-refractivity contribution in [3.05, 3.63) is 36.2 Å². The number of aryl methyl sites for hydroxylation is 1. The number of benzene rings is 1. The molecule has 174 valence electrons. The lowest BCUT2D eigenvalue weighted by Crippen LogP contribution is -2.38. The summed E-state index contributed by atoms with van der Waals surface area (Å²) in [6.07, 6.45) is 1.79. The van der Waals surface area contributed by atoms with Crippen LogP contribution in [0.2, 0.25) is 0 Å². The summed E-state index contributed by atoms with van der Waals surface area (Å²) in [6.45, 7) is 8.54. The normalized spacial score (nSPS) is 16.7. The maximum atomic E-state index is 5.56. The van der Waals surface area contributed by atoms with Gasteiger partial charge < -0.3 is 29.9 Å². The first-order chi connectivity index (χ1) is 16.2. The third-order valence-electron chi connectivity index (χ3n) is 5.81. The summed E-state index contributed by atoms with van der Waals surface area (Å²) in [5.74, 6) is 0.568. The lowest BCUT2D eigenvalue weighted by Gasteiger charge is -2.33. The molecule has 0 atom stereocenters. The predicted molar refractivity (Wildman–Crippen MR) is 133 cm³/mol. The highest BCUT2D eigenvalue weighted by Gasteiger charge is 2.18. The Balaban J connectivity index is 1.45. The summed E-state index contributed by atoms with van der Waals surface area (Å²) in [5.41, 5.74) is 5.14. The molecule has 2 saturated heterocycles. The van der Waals surface area contributed by atoms with Crippen molar-refractivity contribution in [1.82, 2.24) is 15.0 Å². The van der Waals surface area contributed by atoms with Crippen LogP contribution >= 0.6 is 11.3 Å². The van der Waals surface area contributed by atoms with Gasteiger partial charge in [0, 0.05) is 56.5 Å². The Morgan fingerprint density at radius 1 is 0.909 bits per heavy atom. The Morgan fingerprint density at radius 2 is 1.55 bits per heavy atom. The van der Waals surface area contributed by atoms with E-state index < -0.39 is 0 Å². The number of hydrogen-bond acceptors (Lipinski definition) is 10. The summed E-state index contributed by atoms with van der Waals surface area (Å²) in [7, 11) is 1.88. The predicted octanol–water partition coefficient (Wildman–Crippen LogP) is 3.37. The number of ether oxygens (including phenoxy) is 2. The van der Waals surface area contributed by atoms with Crippen molar-refractivity contribution in [2.75, 3.05) is 80.1 Å². The number of morpholine rings is 2. The van der Waals surface area contributed by atoms with E-state index in [1.807, 2.05) is 20.0 Å². The van der Waals surface area contributed by atoms with E-state index in [9.17, 15) is 0 Å². The minimum absolute atomic E-state index is 0.568. The van der Waals surface area contributed by atoms with Crippen LogP contribution in [0.25, 0.3) is 10.6 Å². The Bertz CT molecular complexity index is 1060. The molecule has 0 radical (unpaired) electrons. The van der Waals surface area contributed by atoms with Crippen LogP contribution in [0.5, 0.6) is 0 Å². The van der Waals surface area contributed by atoms with E-state index >= 15 is 0 Å². The van der Waals surface area contributed by atoms with Gasteiger partial charge in [-0.3, -0.25) is 0 Å². The van der Waals surface area contributed by atoms with Crippen LogP contribution < -0.4 is 20.4 Å². The van der Waals surface area contributed by atoms with Crippen LogP contribution in [0, 0.1) is 6.92 Å². The molecular weight excluding hydrogens is 438 g/mol. The van der Waals surface area contributed by atoms with Crippen LogP contribution in [0.3, 0.4) is 0 Å². The van der Waals surface area contributed by atoms with Crippen molar-refractivity contribution in [3.63, 3.8) is 0 Å². The van der Waals surface area contributed by atoms with E-state index in [1.54, 1.807) is 17.5 Å². The van der Waals surface area contributed by atoms with Crippen molar-refractivity contribution >= 4 is 39.5 Å². The molecule has 1 aromatic carbocycles. The number of anilines is 5. The maximum Gasteiger partial charge on any atom is 0.227 e. The standard InChI is InChI=1S/C23H29N7O2S/c1-16-21(33-23(24-2)26-16)20-3-4-25-22(28-20)27-17-13-18(29-5-9-31-10-6-29)15-19(14-17)30-7-11-32-12-8-30/h3-4,13-15H,5-12H2,1-2H3,(H,24,26)(H,25,27,28). The van der Waals surface area contributed by atoms with Crippen molar-refractivity contribution in [2.45, 2.75) is 6.92 Å². The molecule has 0 amide bonds. The number of nitrogens with one attached hydrogen (secondary N) is 2. The molecule has 0 spiro atoms. The average molecular weight is 468 g/mol. The minimum atomic E-state index is 0.568. The number of thiazole rings is 1. The van der Waals surface area contributed by atoms with Crippen LogP contribution in [-0.2, 0) is 9.47 Å². The fourth-order valence-corrected chi connectivity index (χ4v) is 4.98. The highest BCUT2D eigenvalue weighted by atomic mass is 32.1. The number of nitrogens with zero attached hydrogens (tertiary/aromatic N) is 5. The van der Waals surface area contributed by atoms with Gasteiger partial charge in [-0.05, 0) is 31.2 Å². The van der Waals surface area contributed by atoms with E-state index in [0.717, 1.165) is 79.7 Å². The van der Waals surface area contributed by atoms with Gasteiger partial charge in [0.05, 0.1) is 42.7 Å². The summed E-state index contributed by atoms with van der Waals surface area (Å²) >= 11 is 1.59. The third-order valence-corrected chi connectivity index (χ3v) is 7.01. The quantitative estimate of drug-likeness (QED) is 0.566. The van der Waals surface area contributed by atoms with Crippen LogP contribution in [0.4, 0.5) is 28.1 Å². The molecule has 5 rings (SSSR count). The van der Waals surface area contributed by atoms with E-state index in [4.69, 9.17) is 14.5 Å². The van der Waals surface area contributed by atoms with Gasteiger partial charge in [-0.1, -0.05) is 11.3 Å². The van der Waals surface area contributed by atoms with E-state index in [1.165, 1.54) is 11.4 Å². The van der Waals surface area contributed by atoms with E-state index in [-0.39, 0.29) is 0 Å². The highest BCUT2D eigenvalue weighted by Crippen LogP contribution is 2.33. The SMILES string of the molecule is CNc1nc(C)c(-c2ccnc(Nc3cc(N4CCOCC4)cc(N4CCOCC4)c3)n2)s1. The third kappa shape index (κ3) is 5.02. The van der Waals surface area contributed by atoms with Gasteiger partial charge in [-0.2, -0.15) is 0 Å². The van der Waals surface area contributed by atoms with Crippen molar-refractivity contribution < 1.29 is 9.47 Å². The molecule has 2 aliphatic rings. The second kappa shape index (κ2) is 9.90. The summed E-state index contributed by atoms with van der Waals surface area (Å²) in [4.78, 5) is 19.6. The Kier molecular flexibility index (Phi) is 6.56. The van der Waals surface area contributed by atoms with Crippen LogP contribution in [0.15, 0.2) is 30.5 Å². The van der Waals surface area contributed by atoms with Gasteiger partial charge >= 0.3 is 0 Å². The van der Waals surface area contributed by atoms with Crippen LogP contribution in [0.1, 0.15) is 5.69 Å². The zero-order valence-corrected chi connectivity index (χ0v) is 19.8. The van der Waals surface area contributed by atoms with Crippen molar-refractivity contribution in [1.29, 1.82) is 0 Å². The Hall–Kier alpha value is -2.95. The number of hydrogen-bond donors (Lipinski definition) is 2. The molecule has 2 N–H and O–H groups in total. The van der Waals surface area contributed by atoms with Gasteiger partial charge in [0.2, 0.25) is 5.95 Å². The molecule has 4 heterocycles. The smallest absolute Gasteiger partial charge is 0.227 e. The fourth-order valence-electron chi connectivity index (χ4n) is 4.09. The average Bonchev–Trinajstić information content (AvgIpc) is 3.26. The summed E-state index contributed by atoms with van der Waals surface area (Å²) < 4.78 is 11.1. The molecule has 3 aromatic rings. The maximum absolute atomic E-state index is 5.56. The van der Waals surface area contributed by atoms with Gasteiger partial charge in [0.1, 0.15) is 0 Å². The van der Waals surface area contributed by atoms with Crippen molar-refractivity contribution in [3.8, 4) is 10.6 Å². The number of aromatic nitrogens is 3. The van der Waals surface area contributed by atoms with Crippen molar-refractivity contribution in [2.24, 2.45) is 0 Å². The lowest BCUT2D eigenvalue weighted by molar-refractivity contribution is 0.122. The summed E-state index contributed by atoms with van der Waals surface area (Å²) in [5, 5.41) is 7.43. The topological polar surface area (TPSA) is 87.7 Å². The first kappa shape index (κ1) is 21.9. The molecule has 2 fully saturated rings. The van der Waals surface area contributed by atoms with Gasteiger partial charge in [0.15, 0.2) is 5.13 Å². The summed E-state index contributed by atoms with van der Waals surface area (Å²) in [6, 6.07) is 8.53. The largest absolute Gasteiger partial charge is 0.378 e. The second-order valence-corrected chi connectivity index (χ2v) is 9.01. The zero-order valence-electron chi connectivity index (χ0n) is 19.0. The molecule has 2 aromatic heterocycles. The molecule has 33 heavy (non-hydrogen) atoms. The van der Waals surface area contributed by atoms with Gasteiger partial charge in [0.25, 0.3) is 0 Å². The number of rotatable bonds is 6. The van der Waals surface area contributed by atoms with Crippen LogP contribution in [-0.4, -0.2) is 74.6 Å². The van der Waals surface area contributed by atoms with Gasteiger partial charge in [-0.25, -0.2) is 15.0 Å². The first-order valence-electron chi connectivity index (χ1n) is 11.3. The molecule has 9 nitrogen and oxygen atoms in total. The Labute approximate surface area is 197 Å². The van der Waals surface area contributed by atoms with E-state index in [0.29, 0.717) is 5.95 Å². The molecule has 10 heteroatoms. The molecule has 0 bridgehead atoms. The fraction of sp³-hybridized carbons (Fsp3) is 0.435. The molecule has 0 aliphatic carbocycles. The lowest BCUT2D eigenvalue weighted by atomic mass is 10.2. The van der Waals surface area contributed by atoms with Gasteiger partial charge in [-0.15, -0.1) is 0 Å². The Morgan fingerprint density at radius 3 is 2.12 bits per heavy atom. The molecule has 2 aliphatic heterocycles. The second-order valence-electron chi connectivity index (χ2n) is 8.01. The zero-order chi connectivity index (χ0) is 22.6. The monoisotopic (exact) mass is 467 g/mol. The molecule has 0 unspecified atom stereocenters.